The topological polar surface area (TPSA) is 89.6 Å². The minimum Gasteiger partial charge on any atom is -0.364 e. The van der Waals surface area contributed by atoms with Crippen molar-refractivity contribution in [3.8, 4) is 0 Å². The summed E-state index contributed by atoms with van der Waals surface area (Å²) in [7, 11) is 0. The van der Waals surface area contributed by atoms with Gasteiger partial charge in [-0.2, -0.15) is 10.2 Å². The standard InChI is InChI=1S/C11H15N5O/c1-7-9(8(2)14-13-7)3-5-16-6-4-10(15-16)11(12)17/h4,6H,3,5H2,1-2H3,(H2,12,17)(H,13,14). The van der Waals surface area contributed by atoms with Gasteiger partial charge in [0.1, 0.15) is 5.69 Å². The third kappa shape index (κ3) is 2.35. The van der Waals surface area contributed by atoms with Gasteiger partial charge in [0, 0.05) is 18.4 Å². The first-order chi connectivity index (χ1) is 8.08. The summed E-state index contributed by atoms with van der Waals surface area (Å²) in [6.07, 6.45) is 2.58. The molecule has 6 nitrogen and oxygen atoms in total. The number of nitrogens with zero attached hydrogens (tertiary/aromatic N) is 3. The van der Waals surface area contributed by atoms with Gasteiger partial charge < -0.3 is 5.73 Å². The van der Waals surface area contributed by atoms with E-state index in [1.165, 1.54) is 5.56 Å². The molecule has 2 aromatic rings. The Morgan fingerprint density at radius 2 is 2.29 bits per heavy atom. The van der Waals surface area contributed by atoms with Crippen molar-refractivity contribution in [1.29, 1.82) is 0 Å². The van der Waals surface area contributed by atoms with Crippen LogP contribution in [-0.2, 0) is 13.0 Å². The van der Waals surface area contributed by atoms with Crippen molar-refractivity contribution < 1.29 is 4.79 Å². The second-order valence-electron chi connectivity index (χ2n) is 3.99. The number of hydrogen-bond acceptors (Lipinski definition) is 3. The Kier molecular flexibility index (Phi) is 2.95. The van der Waals surface area contributed by atoms with Gasteiger partial charge in [-0.25, -0.2) is 0 Å². The number of H-pyrrole nitrogens is 1. The van der Waals surface area contributed by atoms with Gasteiger partial charge in [-0.1, -0.05) is 0 Å². The third-order valence-corrected chi connectivity index (χ3v) is 2.76. The summed E-state index contributed by atoms with van der Waals surface area (Å²) in [5.41, 5.74) is 8.71. The molecular formula is C11H15N5O. The molecular weight excluding hydrogens is 218 g/mol. The van der Waals surface area contributed by atoms with Gasteiger partial charge in [0.05, 0.1) is 5.69 Å². The number of rotatable bonds is 4. The van der Waals surface area contributed by atoms with Crippen LogP contribution in [0.4, 0.5) is 0 Å². The summed E-state index contributed by atoms with van der Waals surface area (Å²) >= 11 is 0. The van der Waals surface area contributed by atoms with Crippen molar-refractivity contribution in [2.45, 2.75) is 26.8 Å². The normalized spacial score (nSPS) is 10.7. The molecule has 0 aliphatic heterocycles. The van der Waals surface area contributed by atoms with E-state index in [1.807, 2.05) is 13.8 Å². The van der Waals surface area contributed by atoms with E-state index in [9.17, 15) is 4.79 Å². The predicted octanol–water partition coefficient (Wildman–Crippen LogP) is 0.565. The van der Waals surface area contributed by atoms with Crippen molar-refractivity contribution in [2.24, 2.45) is 5.73 Å². The highest BCUT2D eigenvalue weighted by molar-refractivity contribution is 5.90. The van der Waals surface area contributed by atoms with Crippen LogP contribution in [0.25, 0.3) is 0 Å². The Bertz CT molecular complexity index is 520. The molecule has 2 aromatic heterocycles. The highest BCUT2D eigenvalue weighted by Gasteiger charge is 2.08. The Balaban J connectivity index is 2.05. The van der Waals surface area contributed by atoms with Crippen LogP contribution in [0.15, 0.2) is 12.3 Å². The number of carbonyl (C=O) groups is 1. The summed E-state index contributed by atoms with van der Waals surface area (Å²) in [5.74, 6) is -0.501. The van der Waals surface area contributed by atoms with Crippen molar-refractivity contribution in [3.05, 3.63) is 34.9 Å². The fourth-order valence-corrected chi connectivity index (χ4v) is 1.79. The van der Waals surface area contributed by atoms with Gasteiger partial charge in [0.2, 0.25) is 0 Å². The van der Waals surface area contributed by atoms with E-state index in [0.29, 0.717) is 12.2 Å². The lowest BCUT2D eigenvalue weighted by atomic mass is 10.1. The maximum Gasteiger partial charge on any atom is 0.269 e. The maximum absolute atomic E-state index is 10.9. The second kappa shape index (κ2) is 4.40. The van der Waals surface area contributed by atoms with Crippen LogP contribution in [-0.4, -0.2) is 25.9 Å². The van der Waals surface area contributed by atoms with Gasteiger partial charge in [-0.15, -0.1) is 0 Å². The number of nitrogens with one attached hydrogen (secondary N) is 1. The molecule has 1 amide bonds. The first-order valence-corrected chi connectivity index (χ1v) is 5.41. The molecule has 0 saturated heterocycles. The second-order valence-corrected chi connectivity index (χ2v) is 3.99. The van der Waals surface area contributed by atoms with Crippen molar-refractivity contribution >= 4 is 5.91 Å². The van der Waals surface area contributed by atoms with Gasteiger partial charge in [0.25, 0.3) is 5.91 Å². The van der Waals surface area contributed by atoms with Gasteiger partial charge in [-0.05, 0) is 31.9 Å². The highest BCUT2D eigenvalue weighted by Crippen LogP contribution is 2.10. The minimum absolute atomic E-state index is 0.297. The van der Waals surface area contributed by atoms with E-state index in [0.717, 1.165) is 17.8 Å². The maximum atomic E-state index is 10.9. The summed E-state index contributed by atoms with van der Waals surface area (Å²) in [6.45, 7) is 4.67. The molecule has 17 heavy (non-hydrogen) atoms. The molecule has 0 aliphatic carbocycles. The molecule has 0 fully saturated rings. The Morgan fingerprint density at radius 1 is 1.53 bits per heavy atom. The van der Waals surface area contributed by atoms with Gasteiger partial charge >= 0.3 is 0 Å². The molecule has 6 heteroatoms. The molecule has 0 saturated carbocycles. The molecule has 0 unspecified atom stereocenters. The average molecular weight is 233 g/mol. The van der Waals surface area contributed by atoms with Crippen LogP contribution in [0.3, 0.4) is 0 Å². The number of carbonyl (C=O) groups excluding carboxylic acids is 1. The molecule has 2 rings (SSSR count). The minimum atomic E-state index is -0.501. The number of hydrogen-bond donors (Lipinski definition) is 2. The van der Waals surface area contributed by atoms with Crippen LogP contribution in [0.5, 0.6) is 0 Å². The largest absolute Gasteiger partial charge is 0.364 e. The quantitative estimate of drug-likeness (QED) is 0.808. The molecule has 0 radical (unpaired) electrons. The lowest BCUT2D eigenvalue weighted by Gasteiger charge is -2.02. The van der Waals surface area contributed by atoms with Crippen LogP contribution >= 0.6 is 0 Å². The van der Waals surface area contributed by atoms with Crippen molar-refractivity contribution in [3.63, 3.8) is 0 Å². The summed E-state index contributed by atoms with van der Waals surface area (Å²) in [5, 5.41) is 11.2. The molecule has 0 atom stereocenters. The molecule has 0 aliphatic rings. The van der Waals surface area contributed by atoms with E-state index in [2.05, 4.69) is 15.3 Å². The van der Waals surface area contributed by atoms with Crippen LogP contribution < -0.4 is 5.73 Å². The average Bonchev–Trinajstić information content (AvgIpc) is 2.85. The predicted molar refractivity (Wildman–Crippen MR) is 62.5 cm³/mol. The lowest BCUT2D eigenvalue weighted by Crippen LogP contribution is -2.13. The summed E-state index contributed by atoms with van der Waals surface area (Å²) in [4.78, 5) is 10.9. The van der Waals surface area contributed by atoms with Crippen LogP contribution in [0, 0.1) is 13.8 Å². The van der Waals surface area contributed by atoms with E-state index < -0.39 is 5.91 Å². The summed E-state index contributed by atoms with van der Waals surface area (Å²) in [6, 6.07) is 1.62. The fourth-order valence-electron chi connectivity index (χ4n) is 1.79. The van der Waals surface area contributed by atoms with E-state index >= 15 is 0 Å². The Labute approximate surface area is 98.8 Å². The number of aromatic amines is 1. The monoisotopic (exact) mass is 233 g/mol. The summed E-state index contributed by atoms with van der Waals surface area (Å²) < 4.78 is 1.71. The van der Waals surface area contributed by atoms with Crippen molar-refractivity contribution in [2.75, 3.05) is 0 Å². The number of aryl methyl sites for hydroxylation is 3. The van der Waals surface area contributed by atoms with E-state index in [-0.39, 0.29) is 0 Å². The molecule has 0 spiro atoms. The molecule has 0 bridgehead atoms. The third-order valence-electron chi connectivity index (χ3n) is 2.76. The fraction of sp³-hybridized carbons (Fsp3) is 0.364. The molecule has 3 N–H and O–H groups in total. The first kappa shape index (κ1) is 11.4. The number of nitrogens with two attached hydrogens (primary N) is 1. The highest BCUT2D eigenvalue weighted by atomic mass is 16.1. The van der Waals surface area contributed by atoms with E-state index in [1.54, 1.807) is 16.9 Å². The molecule has 90 valence electrons. The molecule has 0 aromatic carbocycles. The zero-order chi connectivity index (χ0) is 12.4. The Hall–Kier alpha value is -2.11. The zero-order valence-electron chi connectivity index (χ0n) is 9.90. The number of amides is 1. The van der Waals surface area contributed by atoms with Crippen LogP contribution in [0.1, 0.15) is 27.4 Å². The number of aromatic nitrogens is 4. The van der Waals surface area contributed by atoms with E-state index in [4.69, 9.17) is 5.73 Å². The van der Waals surface area contributed by atoms with Gasteiger partial charge in [0.15, 0.2) is 0 Å². The Morgan fingerprint density at radius 3 is 2.82 bits per heavy atom. The van der Waals surface area contributed by atoms with Crippen LogP contribution in [0.2, 0.25) is 0 Å². The SMILES string of the molecule is Cc1n[nH]c(C)c1CCn1ccc(C(N)=O)n1. The molecule has 2 heterocycles. The zero-order valence-corrected chi connectivity index (χ0v) is 9.90. The smallest absolute Gasteiger partial charge is 0.269 e. The lowest BCUT2D eigenvalue weighted by molar-refractivity contribution is 0.0994. The number of primary amides is 1. The first-order valence-electron chi connectivity index (χ1n) is 5.41. The van der Waals surface area contributed by atoms with Gasteiger partial charge in [-0.3, -0.25) is 14.6 Å². The van der Waals surface area contributed by atoms with Crippen molar-refractivity contribution in [1.82, 2.24) is 20.0 Å².